The van der Waals surface area contributed by atoms with Crippen molar-refractivity contribution in [2.24, 2.45) is 5.73 Å². The maximum absolute atomic E-state index is 12.5. The van der Waals surface area contributed by atoms with E-state index < -0.39 is 35.4 Å². The van der Waals surface area contributed by atoms with Gasteiger partial charge in [0.15, 0.2) is 0 Å². The van der Waals surface area contributed by atoms with Gasteiger partial charge in [-0.3, -0.25) is 14.4 Å². The molecular weight excluding hydrogens is 332 g/mol. The molecule has 1 amide bonds. The highest BCUT2D eigenvalue weighted by Crippen LogP contribution is 2.27. The molecule has 0 aromatic rings. The minimum absolute atomic E-state index is 0.0203. The van der Waals surface area contributed by atoms with Crippen LogP contribution in [-0.2, 0) is 23.9 Å². The van der Waals surface area contributed by atoms with Crippen LogP contribution >= 0.6 is 0 Å². The number of carboxylic acid groups (broad SMARTS) is 2. The zero-order valence-electron chi connectivity index (χ0n) is 15.0. The first-order valence-corrected chi connectivity index (χ1v) is 8.34. The van der Waals surface area contributed by atoms with Crippen LogP contribution < -0.4 is 5.73 Å². The first-order chi connectivity index (χ1) is 11.7. The highest BCUT2D eigenvalue weighted by atomic mass is 16.5. The summed E-state index contributed by atoms with van der Waals surface area (Å²) in [6.07, 6.45) is -0.606. The summed E-state index contributed by atoms with van der Waals surface area (Å²) in [5.41, 5.74) is 4.05. The van der Waals surface area contributed by atoms with Gasteiger partial charge in [-0.15, -0.1) is 0 Å². The number of carboxylic acids is 2. The fourth-order valence-electron chi connectivity index (χ4n) is 2.69. The molecular formula is C16H28N2O7. The molecule has 0 rings (SSSR count). The average Bonchev–Trinajstić information content (AvgIpc) is 2.55. The molecule has 25 heavy (non-hydrogen) atoms. The van der Waals surface area contributed by atoms with E-state index in [0.717, 1.165) is 4.90 Å². The van der Waals surface area contributed by atoms with Gasteiger partial charge in [-0.25, -0.2) is 4.79 Å². The van der Waals surface area contributed by atoms with Gasteiger partial charge in [0.25, 0.3) is 0 Å². The van der Waals surface area contributed by atoms with E-state index in [1.165, 1.54) is 0 Å². The number of carbonyl (C=O) groups excluding carboxylic acids is 2. The normalized spacial score (nSPS) is 14.2. The molecule has 0 aliphatic carbocycles. The fourth-order valence-corrected chi connectivity index (χ4v) is 2.69. The monoisotopic (exact) mass is 360 g/mol. The lowest BCUT2D eigenvalue weighted by Gasteiger charge is -2.39. The molecule has 0 aliphatic rings. The Morgan fingerprint density at radius 1 is 1.12 bits per heavy atom. The van der Waals surface area contributed by atoms with Gasteiger partial charge in [-0.2, -0.15) is 0 Å². The third-order valence-electron chi connectivity index (χ3n) is 4.13. The van der Waals surface area contributed by atoms with Crippen molar-refractivity contribution < 1.29 is 34.1 Å². The minimum Gasteiger partial charge on any atom is -0.481 e. The van der Waals surface area contributed by atoms with Gasteiger partial charge in [0.2, 0.25) is 5.91 Å². The topological polar surface area (TPSA) is 147 Å². The highest BCUT2D eigenvalue weighted by Gasteiger charge is 2.44. The smallest absolute Gasteiger partial charge is 0.329 e. The Morgan fingerprint density at radius 2 is 1.72 bits per heavy atom. The Labute approximate surface area is 147 Å². The fraction of sp³-hybridized carbons (Fsp3) is 0.750. The van der Waals surface area contributed by atoms with E-state index in [1.807, 2.05) is 0 Å². The molecule has 9 nitrogen and oxygen atoms in total. The van der Waals surface area contributed by atoms with Gasteiger partial charge in [-0.1, -0.05) is 6.92 Å². The van der Waals surface area contributed by atoms with Crippen LogP contribution in [0.1, 0.15) is 52.9 Å². The van der Waals surface area contributed by atoms with Crippen LogP contribution in [0.2, 0.25) is 0 Å². The van der Waals surface area contributed by atoms with Crippen LogP contribution in [0.3, 0.4) is 0 Å². The first kappa shape index (κ1) is 22.8. The number of likely N-dealkylation sites (N-methyl/N-ethyl adjacent to an activating group) is 1. The van der Waals surface area contributed by atoms with Crippen molar-refractivity contribution in [1.82, 2.24) is 4.90 Å². The number of amides is 1. The maximum Gasteiger partial charge on any atom is 0.329 e. The molecule has 0 aliphatic heterocycles. The number of esters is 1. The second-order valence-corrected chi connectivity index (χ2v) is 5.62. The van der Waals surface area contributed by atoms with Gasteiger partial charge in [0, 0.05) is 19.4 Å². The summed E-state index contributed by atoms with van der Waals surface area (Å²) >= 11 is 0. The molecule has 0 radical (unpaired) electrons. The van der Waals surface area contributed by atoms with Gasteiger partial charge in [0.1, 0.15) is 11.6 Å². The van der Waals surface area contributed by atoms with Crippen molar-refractivity contribution in [2.75, 3.05) is 13.2 Å². The van der Waals surface area contributed by atoms with Crippen LogP contribution in [-0.4, -0.2) is 63.7 Å². The molecule has 0 aromatic heterocycles. The SMILES string of the molecule is CCOC(=O)[C@@H](N)CCC(=O)N(CC)[C@@](CC)(CCC(=O)O)C(=O)O. The lowest BCUT2D eigenvalue weighted by Crippen LogP contribution is -2.57. The molecule has 9 heteroatoms. The van der Waals surface area contributed by atoms with E-state index >= 15 is 0 Å². The maximum atomic E-state index is 12.5. The number of aliphatic carboxylic acids is 2. The van der Waals surface area contributed by atoms with Gasteiger partial charge < -0.3 is 25.6 Å². The lowest BCUT2D eigenvalue weighted by atomic mass is 9.87. The molecule has 0 saturated carbocycles. The molecule has 4 N–H and O–H groups in total. The average molecular weight is 360 g/mol. The summed E-state index contributed by atoms with van der Waals surface area (Å²) in [6.45, 7) is 5.13. The number of hydrogen-bond acceptors (Lipinski definition) is 6. The predicted octanol–water partition coefficient (Wildman–Crippen LogP) is 0.604. The molecule has 144 valence electrons. The number of ether oxygens (including phenoxy) is 1. The summed E-state index contributed by atoms with van der Waals surface area (Å²) in [7, 11) is 0. The number of carbonyl (C=O) groups is 4. The van der Waals surface area contributed by atoms with E-state index in [9.17, 15) is 24.3 Å². The van der Waals surface area contributed by atoms with Gasteiger partial charge in [0.05, 0.1) is 6.61 Å². The Bertz CT molecular complexity index is 495. The molecule has 0 aromatic carbocycles. The van der Waals surface area contributed by atoms with Crippen LogP contribution in [0.4, 0.5) is 0 Å². The molecule has 0 spiro atoms. The summed E-state index contributed by atoms with van der Waals surface area (Å²) in [4.78, 5) is 47.9. The molecule has 2 atom stereocenters. The summed E-state index contributed by atoms with van der Waals surface area (Å²) in [6, 6.07) is -0.970. The van der Waals surface area contributed by atoms with Crippen molar-refractivity contribution in [3.8, 4) is 0 Å². The molecule has 0 heterocycles. The quantitative estimate of drug-likeness (QED) is 0.429. The highest BCUT2D eigenvalue weighted by molar-refractivity contribution is 5.88. The predicted molar refractivity (Wildman–Crippen MR) is 88.8 cm³/mol. The van der Waals surface area contributed by atoms with Crippen molar-refractivity contribution >= 4 is 23.8 Å². The van der Waals surface area contributed by atoms with Gasteiger partial charge in [-0.05, 0) is 33.1 Å². The number of nitrogens with two attached hydrogens (primary N) is 1. The Morgan fingerprint density at radius 3 is 2.12 bits per heavy atom. The van der Waals surface area contributed by atoms with Crippen molar-refractivity contribution in [2.45, 2.75) is 64.5 Å². The summed E-state index contributed by atoms with van der Waals surface area (Å²) in [5.74, 6) is -3.49. The van der Waals surface area contributed by atoms with Crippen molar-refractivity contribution in [1.29, 1.82) is 0 Å². The second-order valence-electron chi connectivity index (χ2n) is 5.62. The van der Waals surface area contributed by atoms with E-state index in [2.05, 4.69) is 0 Å². The van der Waals surface area contributed by atoms with Crippen LogP contribution in [0.25, 0.3) is 0 Å². The number of rotatable bonds is 12. The van der Waals surface area contributed by atoms with Crippen LogP contribution in [0.5, 0.6) is 0 Å². The van der Waals surface area contributed by atoms with E-state index in [1.54, 1.807) is 20.8 Å². The van der Waals surface area contributed by atoms with Crippen LogP contribution in [0, 0.1) is 0 Å². The van der Waals surface area contributed by atoms with Crippen molar-refractivity contribution in [3.05, 3.63) is 0 Å². The molecule has 0 bridgehead atoms. The van der Waals surface area contributed by atoms with Gasteiger partial charge >= 0.3 is 17.9 Å². The Balaban J connectivity index is 5.20. The molecule has 0 saturated heterocycles. The van der Waals surface area contributed by atoms with Crippen molar-refractivity contribution in [3.63, 3.8) is 0 Å². The number of nitrogens with zero attached hydrogens (tertiary/aromatic N) is 1. The zero-order valence-corrected chi connectivity index (χ0v) is 15.0. The van der Waals surface area contributed by atoms with E-state index in [4.69, 9.17) is 15.6 Å². The second kappa shape index (κ2) is 10.7. The third-order valence-corrected chi connectivity index (χ3v) is 4.13. The summed E-state index contributed by atoms with van der Waals surface area (Å²) < 4.78 is 4.77. The third kappa shape index (κ3) is 6.33. The lowest BCUT2D eigenvalue weighted by molar-refractivity contribution is -0.161. The van der Waals surface area contributed by atoms with E-state index in [0.29, 0.717) is 0 Å². The Kier molecular flexibility index (Phi) is 9.73. The first-order valence-electron chi connectivity index (χ1n) is 8.34. The van der Waals surface area contributed by atoms with Crippen LogP contribution in [0.15, 0.2) is 0 Å². The zero-order chi connectivity index (χ0) is 19.6. The Hall–Kier alpha value is -2.16. The molecule has 0 unspecified atom stereocenters. The van der Waals surface area contributed by atoms with E-state index in [-0.39, 0.29) is 45.3 Å². The minimum atomic E-state index is -1.60. The molecule has 0 fully saturated rings. The summed E-state index contributed by atoms with van der Waals surface area (Å²) in [5, 5.41) is 18.5. The largest absolute Gasteiger partial charge is 0.481 e. The number of hydrogen-bond donors (Lipinski definition) is 3. The standard InChI is InChI=1S/C16H28N2O7/c1-4-16(15(23)24,10-9-13(20)21)18(5-2)12(19)8-7-11(17)14(22)25-6-3/h11H,4-10,17H2,1-3H3,(H,20,21)(H,23,24)/t11-,16-/m0/s1.